The molecule has 2 atom stereocenters. The fraction of sp³-hybridized carbons (Fsp3) is 0.533. The topological polar surface area (TPSA) is 52.1 Å². The lowest BCUT2D eigenvalue weighted by Gasteiger charge is -2.13. The van der Waals surface area contributed by atoms with Gasteiger partial charge in [0.25, 0.3) is 0 Å². The third kappa shape index (κ3) is 3.11. The van der Waals surface area contributed by atoms with E-state index >= 15 is 0 Å². The molecule has 2 aromatic heterocycles. The van der Waals surface area contributed by atoms with Gasteiger partial charge in [0, 0.05) is 41.0 Å². The van der Waals surface area contributed by atoms with Crippen LogP contribution in [0, 0.1) is 19.8 Å². The molecule has 0 amide bonds. The highest BCUT2D eigenvalue weighted by Crippen LogP contribution is 2.25. The van der Waals surface area contributed by atoms with Crippen LogP contribution in [0.2, 0.25) is 0 Å². The number of β-amino-alcohol motifs (C(OH)–C–C–N with tert-alkyl or cyclic N) is 1. The van der Waals surface area contributed by atoms with Crippen molar-refractivity contribution in [1.82, 2.24) is 15.1 Å². The molecule has 1 aliphatic rings. The molecule has 3 rings (SSSR count). The second-order valence-electron chi connectivity index (χ2n) is 5.78. The minimum atomic E-state index is -0.243. The van der Waals surface area contributed by atoms with Crippen LogP contribution in [0.3, 0.4) is 0 Å². The highest BCUT2D eigenvalue weighted by molar-refractivity contribution is 7.11. The zero-order valence-electron chi connectivity index (χ0n) is 12.0. The van der Waals surface area contributed by atoms with E-state index in [1.807, 2.05) is 18.3 Å². The predicted molar refractivity (Wildman–Crippen MR) is 80.9 cm³/mol. The number of hydrogen-bond donors (Lipinski definition) is 2. The molecule has 0 unspecified atom stereocenters. The van der Waals surface area contributed by atoms with Crippen molar-refractivity contribution in [1.29, 1.82) is 0 Å². The molecule has 0 spiro atoms. The summed E-state index contributed by atoms with van der Waals surface area (Å²) < 4.78 is 0. The molecule has 0 saturated carbocycles. The summed E-state index contributed by atoms with van der Waals surface area (Å²) in [7, 11) is 0. The Morgan fingerprint density at radius 1 is 1.40 bits per heavy atom. The SMILES string of the molecule is Cc1cc(C[C@@H]2CN(Cc3ccc(C)s3)C[C@H]2O)n[nH]1. The van der Waals surface area contributed by atoms with Gasteiger partial charge in [-0.05, 0) is 38.5 Å². The van der Waals surface area contributed by atoms with Crippen LogP contribution in [0.25, 0.3) is 0 Å². The molecule has 0 aliphatic carbocycles. The van der Waals surface area contributed by atoms with E-state index in [4.69, 9.17) is 0 Å². The Bertz CT molecular complexity index is 577. The first-order chi connectivity index (χ1) is 9.60. The summed E-state index contributed by atoms with van der Waals surface area (Å²) in [6.45, 7) is 6.81. The smallest absolute Gasteiger partial charge is 0.0711 e. The Morgan fingerprint density at radius 3 is 2.90 bits per heavy atom. The summed E-state index contributed by atoms with van der Waals surface area (Å²) in [5.74, 6) is 0.291. The zero-order chi connectivity index (χ0) is 14.1. The number of aliphatic hydroxyl groups is 1. The predicted octanol–water partition coefficient (Wildman–Crippen LogP) is 2.12. The van der Waals surface area contributed by atoms with E-state index in [-0.39, 0.29) is 6.10 Å². The molecular formula is C15H21N3OS. The van der Waals surface area contributed by atoms with Gasteiger partial charge in [0.2, 0.25) is 0 Å². The summed E-state index contributed by atoms with van der Waals surface area (Å²) in [5, 5.41) is 17.5. The third-order valence-electron chi connectivity index (χ3n) is 3.89. The lowest BCUT2D eigenvalue weighted by Crippen LogP contribution is -2.20. The van der Waals surface area contributed by atoms with Crippen LogP contribution in [0.1, 0.15) is 21.1 Å². The van der Waals surface area contributed by atoms with Crippen LogP contribution < -0.4 is 0 Å². The third-order valence-corrected chi connectivity index (χ3v) is 4.87. The number of hydrogen-bond acceptors (Lipinski definition) is 4. The van der Waals surface area contributed by atoms with Crippen molar-refractivity contribution in [3.8, 4) is 0 Å². The van der Waals surface area contributed by atoms with Crippen LogP contribution in [0.5, 0.6) is 0 Å². The quantitative estimate of drug-likeness (QED) is 0.907. The molecule has 108 valence electrons. The van der Waals surface area contributed by atoms with Crippen molar-refractivity contribution < 1.29 is 5.11 Å². The second kappa shape index (κ2) is 5.68. The Labute approximate surface area is 123 Å². The van der Waals surface area contributed by atoms with Gasteiger partial charge < -0.3 is 5.11 Å². The van der Waals surface area contributed by atoms with E-state index < -0.39 is 0 Å². The van der Waals surface area contributed by atoms with E-state index in [1.54, 1.807) is 0 Å². The Kier molecular flexibility index (Phi) is 3.92. The van der Waals surface area contributed by atoms with Gasteiger partial charge in [-0.25, -0.2) is 0 Å². The van der Waals surface area contributed by atoms with Crippen molar-refractivity contribution in [2.24, 2.45) is 5.92 Å². The van der Waals surface area contributed by atoms with Crippen molar-refractivity contribution in [3.63, 3.8) is 0 Å². The maximum Gasteiger partial charge on any atom is 0.0711 e. The van der Waals surface area contributed by atoms with Crippen molar-refractivity contribution in [2.45, 2.75) is 32.9 Å². The molecule has 2 aromatic rings. The fourth-order valence-corrected chi connectivity index (χ4v) is 3.84. The number of rotatable bonds is 4. The second-order valence-corrected chi connectivity index (χ2v) is 7.15. The number of thiophene rings is 1. The van der Waals surface area contributed by atoms with E-state index in [0.29, 0.717) is 5.92 Å². The number of aromatic amines is 1. The number of aryl methyl sites for hydroxylation is 2. The van der Waals surface area contributed by atoms with Crippen molar-refractivity contribution in [3.05, 3.63) is 39.3 Å². The van der Waals surface area contributed by atoms with E-state index in [0.717, 1.165) is 37.4 Å². The van der Waals surface area contributed by atoms with Gasteiger partial charge in [-0.1, -0.05) is 0 Å². The molecule has 2 N–H and O–H groups in total. The summed E-state index contributed by atoms with van der Waals surface area (Å²) in [6.07, 6.45) is 0.610. The van der Waals surface area contributed by atoms with Gasteiger partial charge in [-0.3, -0.25) is 10.00 Å². The average Bonchev–Trinajstić information content (AvgIpc) is 3.05. The van der Waals surface area contributed by atoms with Gasteiger partial charge in [-0.2, -0.15) is 5.10 Å². The molecule has 1 saturated heterocycles. The minimum Gasteiger partial charge on any atom is -0.391 e. The maximum absolute atomic E-state index is 10.2. The van der Waals surface area contributed by atoms with E-state index in [2.05, 4.69) is 40.2 Å². The summed E-state index contributed by atoms with van der Waals surface area (Å²) in [4.78, 5) is 5.08. The molecule has 0 bridgehead atoms. The van der Waals surface area contributed by atoms with Crippen LogP contribution in [0.4, 0.5) is 0 Å². The molecular weight excluding hydrogens is 270 g/mol. The fourth-order valence-electron chi connectivity index (χ4n) is 2.91. The molecule has 1 fully saturated rings. The minimum absolute atomic E-state index is 0.243. The number of aliphatic hydroxyl groups excluding tert-OH is 1. The molecule has 1 aliphatic heterocycles. The number of nitrogens with zero attached hydrogens (tertiary/aromatic N) is 2. The summed E-state index contributed by atoms with van der Waals surface area (Å²) in [5.41, 5.74) is 2.14. The molecule has 3 heterocycles. The Balaban J connectivity index is 1.59. The number of H-pyrrole nitrogens is 1. The maximum atomic E-state index is 10.2. The first-order valence-corrected chi connectivity index (χ1v) is 7.88. The molecule has 0 radical (unpaired) electrons. The Morgan fingerprint density at radius 2 is 2.25 bits per heavy atom. The lowest BCUT2D eigenvalue weighted by molar-refractivity contribution is 0.140. The molecule has 0 aromatic carbocycles. The monoisotopic (exact) mass is 291 g/mol. The largest absolute Gasteiger partial charge is 0.391 e. The highest BCUT2D eigenvalue weighted by atomic mass is 32.1. The lowest BCUT2D eigenvalue weighted by atomic mass is 10.0. The van der Waals surface area contributed by atoms with Crippen LogP contribution >= 0.6 is 11.3 Å². The first-order valence-electron chi connectivity index (χ1n) is 7.07. The number of aromatic nitrogens is 2. The van der Waals surface area contributed by atoms with Crippen molar-refractivity contribution >= 4 is 11.3 Å². The van der Waals surface area contributed by atoms with E-state index in [1.165, 1.54) is 9.75 Å². The van der Waals surface area contributed by atoms with Gasteiger partial charge >= 0.3 is 0 Å². The standard InChI is InChI=1S/C15H21N3OS/c1-10-5-13(17-16-10)6-12-7-18(9-15(12)19)8-14-4-3-11(2)20-14/h3-5,12,15,19H,6-9H2,1-2H3,(H,16,17)/t12-,15-/m1/s1. The number of likely N-dealkylation sites (tertiary alicyclic amines) is 1. The molecule has 20 heavy (non-hydrogen) atoms. The van der Waals surface area contributed by atoms with Gasteiger partial charge in [0.05, 0.1) is 11.8 Å². The number of nitrogens with one attached hydrogen (secondary N) is 1. The van der Waals surface area contributed by atoms with Crippen LogP contribution in [-0.2, 0) is 13.0 Å². The van der Waals surface area contributed by atoms with E-state index in [9.17, 15) is 5.11 Å². The van der Waals surface area contributed by atoms with Gasteiger partial charge in [-0.15, -0.1) is 11.3 Å². The highest BCUT2D eigenvalue weighted by Gasteiger charge is 2.31. The first kappa shape index (κ1) is 13.8. The Hall–Kier alpha value is -1.17. The summed E-state index contributed by atoms with van der Waals surface area (Å²) >= 11 is 1.84. The average molecular weight is 291 g/mol. The molecule has 4 nitrogen and oxygen atoms in total. The van der Waals surface area contributed by atoms with Crippen LogP contribution in [0.15, 0.2) is 18.2 Å². The van der Waals surface area contributed by atoms with Gasteiger partial charge in [0.15, 0.2) is 0 Å². The van der Waals surface area contributed by atoms with Crippen molar-refractivity contribution in [2.75, 3.05) is 13.1 Å². The summed E-state index contributed by atoms with van der Waals surface area (Å²) in [6, 6.07) is 6.42. The zero-order valence-corrected chi connectivity index (χ0v) is 12.8. The van der Waals surface area contributed by atoms with Crippen LogP contribution in [-0.4, -0.2) is 39.4 Å². The van der Waals surface area contributed by atoms with Gasteiger partial charge in [0.1, 0.15) is 0 Å². The molecule has 5 heteroatoms. The normalized spacial score (nSPS) is 23.6.